The van der Waals surface area contributed by atoms with Crippen LogP contribution in [0.15, 0.2) is 6.33 Å². The van der Waals surface area contributed by atoms with Crippen molar-refractivity contribution in [3.05, 3.63) is 11.9 Å². The van der Waals surface area contributed by atoms with Crippen molar-refractivity contribution in [3.8, 4) is 5.88 Å². The summed E-state index contributed by atoms with van der Waals surface area (Å²) < 4.78 is 5.49. The van der Waals surface area contributed by atoms with Gasteiger partial charge in [-0.05, 0) is 26.2 Å². The van der Waals surface area contributed by atoms with Gasteiger partial charge in [-0.3, -0.25) is 4.79 Å². The first-order chi connectivity index (χ1) is 9.92. The third-order valence-corrected chi connectivity index (χ3v) is 4.42. The second-order valence-electron chi connectivity index (χ2n) is 5.85. The summed E-state index contributed by atoms with van der Waals surface area (Å²) in [7, 11) is 0. The predicted molar refractivity (Wildman–Crippen MR) is 79.7 cm³/mol. The number of carboxylic acid groups (broad SMARTS) is 1. The second-order valence-corrected chi connectivity index (χ2v) is 5.85. The number of rotatable bonds is 5. The molecule has 0 aromatic carbocycles. The first-order valence-corrected chi connectivity index (χ1v) is 7.35. The summed E-state index contributed by atoms with van der Waals surface area (Å²) in [6.45, 7) is 9.47. The van der Waals surface area contributed by atoms with Crippen LogP contribution in [0, 0.1) is 18.3 Å². The van der Waals surface area contributed by atoms with Gasteiger partial charge in [0.05, 0.1) is 17.6 Å². The molecule has 1 unspecified atom stereocenters. The third kappa shape index (κ3) is 2.66. The Balaban J connectivity index is 2.29. The van der Waals surface area contributed by atoms with Crippen LogP contribution >= 0.6 is 0 Å². The average Bonchev–Trinajstić information content (AvgIpc) is 2.88. The van der Waals surface area contributed by atoms with E-state index in [2.05, 4.69) is 9.97 Å². The summed E-state index contributed by atoms with van der Waals surface area (Å²) >= 11 is 0. The number of ether oxygens (including phenoxy) is 1. The van der Waals surface area contributed by atoms with E-state index in [-0.39, 0.29) is 5.92 Å². The van der Waals surface area contributed by atoms with Crippen molar-refractivity contribution >= 4 is 11.8 Å². The summed E-state index contributed by atoms with van der Waals surface area (Å²) in [6, 6.07) is 0. The van der Waals surface area contributed by atoms with Crippen LogP contribution in [0.2, 0.25) is 0 Å². The number of carbonyl (C=O) groups is 1. The number of aliphatic carboxylic acids is 1. The highest BCUT2D eigenvalue weighted by Crippen LogP contribution is 2.40. The van der Waals surface area contributed by atoms with Gasteiger partial charge in [0, 0.05) is 13.1 Å². The fourth-order valence-electron chi connectivity index (χ4n) is 2.93. The Hall–Kier alpha value is -1.85. The van der Waals surface area contributed by atoms with Crippen LogP contribution < -0.4 is 9.64 Å². The minimum absolute atomic E-state index is 0.0773. The fourth-order valence-corrected chi connectivity index (χ4v) is 2.93. The molecule has 0 aliphatic carbocycles. The van der Waals surface area contributed by atoms with E-state index in [1.165, 1.54) is 6.33 Å². The minimum atomic E-state index is -0.725. The highest BCUT2D eigenvalue weighted by atomic mass is 16.5. The smallest absolute Gasteiger partial charge is 0.311 e. The Morgan fingerprint density at radius 2 is 2.24 bits per heavy atom. The molecule has 1 saturated heterocycles. The molecule has 0 spiro atoms. The van der Waals surface area contributed by atoms with E-state index in [4.69, 9.17) is 4.74 Å². The van der Waals surface area contributed by atoms with Gasteiger partial charge in [0.25, 0.3) is 0 Å². The Bertz CT molecular complexity index is 533. The van der Waals surface area contributed by atoms with E-state index in [1.807, 2.05) is 32.6 Å². The molecule has 1 aromatic heterocycles. The lowest BCUT2D eigenvalue weighted by atomic mass is 9.76. The van der Waals surface area contributed by atoms with E-state index < -0.39 is 11.4 Å². The molecule has 1 aliphatic rings. The van der Waals surface area contributed by atoms with E-state index in [1.54, 1.807) is 0 Å². The van der Waals surface area contributed by atoms with Gasteiger partial charge in [-0.1, -0.05) is 13.8 Å². The van der Waals surface area contributed by atoms with E-state index in [0.29, 0.717) is 32.0 Å². The van der Waals surface area contributed by atoms with Crippen molar-refractivity contribution in [3.63, 3.8) is 0 Å². The molecule has 116 valence electrons. The third-order valence-electron chi connectivity index (χ3n) is 4.42. The summed E-state index contributed by atoms with van der Waals surface area (Å²) in [5.41, 5.74) is 0.160. The highest BCUT2D eigenvalue weighted by molar-refractivity contribution is 5.77. The van der Waals surface area contributed by atoms with Crippen LogP contribution in [0.5, 0.6) is 5.88 Å². The number of nitrogens with zero attached hydrogens (tertiary/aromatic N) is 3. The zero-order valence-electron chi connectivity index (χ0n) is 13.1. The van der Waals surface area contributed by atoms with Crippen molar-refractivity contribution < 1.29 is 14.6 Å². The number of hydrogen-bond acceptors (Lipinski definition) is 5. The van der Waals surface area contributed by atoms with Gasteiger partial charge in [-0.15, -0.1) is 0 Å². The molecule has 0 radical (unpaired) electrons. The molecule has 2 rings (SSSR count). The highest BCUT2D eigenvalue weighted by Gasteiger charge is 2.47. The van der Waals surface area contributed by atoms with Crippen molar-refractivity contribution in [1.82, 2.24) is 9.97 Å². The van der Waals surface area contributed by atoms with Gasteiger partial charge >= 0.3 is 5.97 Å². The van der Waals surface area contributed by atoms with E-state index in [9.17, 15) is 9.90 Å². The molecule has 21 heavy (non-hydrogen) atoms. The lowest BCUT2D eigenvalue weighted by molar-refractivity contribution is -0.150. The Kier molecular flexibility index (Phi) is 4.34. The number of anilines is 1. The van der Waals surface area contributed by atoms with Crippen LogP contribution in [0.4, 0.5) is 5.82 Å². The number of aromatic nitrogens is 2. The van der Waals surface area contributed by atoms with Gasteiger partial charge in [-0.25, -0.2) is 9.97 Å². The molecule has 1 fully saturated rings. The maximum absolute atomic E-state index is 11.7. The van der Waals surface area contributed by atoms with E-state index >= 15 is 0 Å². The monoisotopic (exact) mass is 293 g/mol. The Morgan fingerprint density at radius 3 is 2.76 bits per heavy atom. The summed E-state index contributed by atoms with van der Waals surface area (Å²) in [5.74, 6) is 0.697. The number of hydrogen-bond donors (Lipinski definition) is 1. The van der Waals surface area contributed by atoms with Crippen LogP contribution in [-0.2, 0) is 4.79 Å². The zero-order chi connectivity index (χ0) is 15.6. The SMILES string of the molecule is CCOc1ncnc(N2CCC(C(=O)O)(C(C)C)C2)c1C. The quantitative estimate of drug-likeness (QED) is 0.896. The van der Waals surface area contributed by atoms with Gasteiger partial charge < -0.3 is 14.7 Å². The van der Waals surface area contributed by atoms with Crippen molar-refractivity contribution in [1.29, 1.82) is 0 Å². The van der Waals surface area contributed by atoms with Gasteiger partial charge in [0.1, 0.15) is 12.1 Å². The lowest BCUT2D eigenvalue weighted by Gasteiger charge is -2.29. The van der Waals surface area contributed by atoms with Gasteiger partial charge in [0.2, 0.25) is 5.88 Å². The summed E-state index contributed by atoms with van der Waals surface area (Å²) in [5, 5.41) is 9.62. The van der Waals surface area contributed by atoms with Gasteiger partial charge in [-0.2, -0.15) is 0 Å². The first-order valence-electron chi connectivity index (χ1n) is 7.35. The molecule has 0 amide bonds. The molecule has 1 atom stereocenters. The molecule has 0 saturated carbocycles. The van der Waals surface area contributed by atoms with Crippen LogP contribution in [0.25, 0.3) is 0 Å². The first kappa shape index (κ1) is 15.5. The summed E-state index contributed by atoms with van der Waals surface area (Å²) in [4.78, 5) is 22.2. The molecule has 0 bridgehead atoms. The molecule has 1 aliphatic heterocycles. The average molecular weight is 293 g/mol. The van der Waals surface area contributed by atoms with Crippen molar-refractivity contribution in [2.75, 3.05) is 24.6 Å². The zero-order valence-corrected chi connectivity index (χ0v) is 13.1. The maximum Gasteiger partial charge on any atom is 0.311 e. The molecule has 6 nitrogen and oxygen atoms in total. The maximum atomic E-state index is 11.7. The molecule has 1 N–H and O–H groups in total. The molecular weight excluding hydrogens is 270 g/mol. The van der Waals surface area contributed by atoms with E-state index in [0.717, 1.165) is 11.4 Å². The normalized spacial score (nSPS) is 21.9. The van der Waals surface area contributed by atoms with Crippen LogP contribution in [0.3, 0.4) is 0 Å². The largest absolute Gasteiger partial charge is 0.481 e. The standard InChI is InChI=1S/C15H23N3O3/c1-5-21-13-11(4)12(16-9-17-13)18-7-6-15(8-18,10(2)3)14(19)20/h9-10H,5-8H2,1-4H3,(H,19,20). The second kappa shape index (κ2) is 5.87. The summed E-state index contributed by atoms with van der Waals surface area (Å²) in [6.07, 6.45) is 2.11. The molecule has 2 heterocycles. The minimum Gasteiger partial charge on any atom is -0.481 e. The van der Waals surface area contributed by atoms with Gasteiger partial charge in [0.15, 0.2) is 0 Å². The number of carboxylic acids is 1. The topological polar surface area (TPSA) is 75.6 Å². The molecular formula is C15H23N3O3. The lowest BCUT2D eigenvalue weighted by Crippen LogP contribution is -2.39. The van der Waals surface area contributed by atoms with Crippen molar-refractivity contribution in [2.45, 2.75) is 34.1 Å². The molecule has 1 aromatic rings. The van der Waals surface area contributed by atoms with Crippen molar-refractivity contribution in [2.24, 2.45) is 11.3 Å². The predicted octanol–water partition coefficient (Wildman–Crippen LogP) is 2.12. The van der Waals surface area contributed by atoms with Crippen LogP contribution in [-0.4, -0.2) is 40.7 Å². The Labute approximate surface area is 125 Å². The molecule has 6 heteroatoms. The fraction of sp³-hybridized carbons (Fsp3) is 0.667. The Morgan fingerprint density at radius 1 is 1.52 bits per heavy atom. The van der Waals surface area contributed by atoms with Crippen LogP contribution in [0.1, 0.15) is 32.8 Å².